The number of amides is 2. The van der Waals surface area contributed by atoms with Crippen molar-refractivity contribution in [2.75, 3.05) is 18.5 Å². The van der Waals surface area contributed by atoms with Gasteiger partial charge in [0.05, 0.1) is 16.2 Å². The lowest BCUT2D eigenvalue weighted by atomic mass is 10.1. The van der Waals surface area contributed by atoms with E-state index in [4.69, 9.17) is 4.74 Å². The summed E-state index contributed by atoms with van der Waals surface area (Å²) in [6.07, 6.45) is 0. The molecule has 0 unspecified atom stereocenters. The number of hydrogen-bond donors (Lipinski definition) is 2. The maximum absolute atomic E-state index is 12.3. The summed E-state index contributed by atoms with van der Waals surface area (Å²) >= 11 is 0. The van der Waals surface area contributed by atoms with Gasteiger partial charge in [0, 0.05) is 12.6 Å². The normalized spacial score (nSPS) is 10.3. The smallest absolute Gasteiger partial charge is 0.345 e. The second-order valence-electron chi connectivity index (χ2n) is 6.55. The Morgan fingerprint density at radius 2 is 1.66 bits per heavy atom. The van der Waals surface area contributed by atoms with E-state index >= 15 is 0 Å². The van der Waals surface area contributed by atoms with E-state index in [-0.39, 0.29) is 28.6 Å². The lowest BCUT2D eigenvalue weighted by Crippen LogP contribution is -2.29. The number of nitrogens with zero attached hydrogens (tertiary/aromatic N) is 1. The van der Waals surface area contributed by atoms with E-state index in [1.807, 2.05) is 13.8 Å². The third-order valence-electron chi connectivity index (χ3n) is 3.77. The molecule has 152 valence electrons. The summed E-state index contributed by atoms with van der Waals surface area (Å²) in [6, 6.07) is 11.7. The van der Waals surface area contributed by atoms with E-state index in [1.165, 1.54) is 24.3 Å². The van der Waals surface area contributed by atoms with Gasteiger partial charge in [0.2, 0.25) is 0 Å². The van der Waals surface area contributed by atoms with Crippen LogP contribution in [-0.2, 0) is 9.53 Å². The average Bonchev–Trinajstić information content (AvgIpc) is 2.70. The third-order valence-corrected chi connectivity index (χ3v) is 3.77. The van der Waals surface area contributed by atoms with Crippen molar-refractivity contribution in [2.45, 2.75) is 13.8 Å². The highest BCUT2D eigenvalue weighted by molar-refractivity contribution is 6.04. The molecule has 0 heterocycles. The van der Waals surface area contributed by atoms with Crippen LogP contribution in [0.3, 0.4) is 0 Å². The Kier molecular flexibility index (Phi) is 7.41. The van der Waals surface area contributed by atoms with Crippen LogP contribution in [0.2, 0.25) is 0 Å². The zero-order valence-corrected chi connectivity index (χ0v) is 16.0. The van der Waals surface area contributed by atoms with Gasteiger partial charge in [-0.25, -0.2) is 4.79 Å². The van der Waals surface area contributed by atoms with E-state index in [2.05, 4.69) is 10.6 Å². The minimum Gasteiger partial charge on any atom is -0.452 e. The van der Waals surface area contributed by atoms with Gasteiger partial charge in [0.15, 0.2) is 6.61 Å². The third kappa shape index (κ3) is 6.13. The molecule has 0 radical (unpaired) electrons. The molecule has 9 heteroatoms. The second-order valence-corrected chi connectivity index (χ2v) is 6.55. The van der Waals surface area contributed by atoms with Crippen molar-refractivity contribution in [3.8, 4) is 0 Å². The molecule has 0 aliphatic heterocycles. The number of carbonyl (C=O) groups excluding carboxylic acids is 3. The zero-order valence-electron chi connectivity index (χ0n) is 16.0. The SMILES string of the molecule is CC(C)CNC(=O)c1ccccc1NC(=O)COC(=O)c1ccccc1[N+](=O)[O-]. The van der Waals surface area contributed by atoms with Crippen LogP contribution in [0.25, 0.3) is 0 Å². The molecular formula is C20H21N3O6. The zero-order chi connectivity index (χ0) is 21.4. The first-order chi connectivity index (χ1) is 13.8. The maximum atomic E-state index is 12.3. The fraction of sp³-hybridized carbons (Fsp3) is 0.250. The topological polar surface area (TPSA) is 128 Å². The number of hydrogen-bond acceptors (Lipinski definition) is 6. The molecule has 0 bridgehead atoms. The number of carbonyl (C=O) groups is 3. The highest BCUT2D eigenvalue weighted by Crippen LogP contribution is 2.19. The monoisotopic (exact) mass is 399 g/mol. The Balaban J connectivity index is 2.01. The Hall–Kier alpha value is -3.75. The first-order valence-corrected chi connectivity index (χ1v) is 8.87. The largest absolute Gasteiger partial charge is 0.452 e. The van der Waals surface area contributed by atoms with Crippen LogP contribution >= 0.6 is 0 Å². The van der Waals surface area contributed by atoms with Gasteiger partial charge in [0.1, 0.15) is 5.56 Å². The number of anilines is 1. The van der Waals surface area contributed by atoms with Crippen molar-refractivity contribution in [3.63, 3.8) is 0 Å². The van der Waals surface area contributed by atoms with Gasteiger partial charge in [-0.15, -0.1) is 0 Å². The van der Waals surface area contributed by atoms with Gasteiger partial charge in [-0.05, 0) is 24.1 Å². The lowest BCUT2D eigenvalue weighted by molar-refractivity contribution is -0.385. The van der Waals surface area contributed by atoms with Gasteiger partial charge < -0.3 is 15.4 Å². The molecule has 29 heavy (non-hydrogen) atoms. The molecule has 0 aliphatic carbocycles. The predicted molar refractivity (Wildman–Crippen MR) is 106 cm³/mol. The van der Waals surface area contributed by atoms with Crippen molar-refractivity contribution in [3.05, 3.63) is 69.8 Å². The Morgan fingerprint density at radius 3 is 2.31 bits per heavy atom. The summed E-state index contributed by atoms with van der Waals surface area (Å²) in [4.78, 5) is 46.8. The number of ether oxygens (including phenoxy) is 1. The van der Waals surface area contributed by atoms with Gasteiger partial charge in [0.25, 0.3) is 17.5 Å². The molecule has 2 rings (SSSR count). The van der Waals surface area contributed by atoms with E-state index in [9.17, 15) is 24.5 Å². The summed E-state index contributed by atoms with van der Waals surface area (Å²) in [7, 11) is 0. The molecule has 9 nitrogen and oxygen atoms in total. The maximum Gasteiger partial charge on any atom is 0.345 e. The molecule has 2 aromatic carbocycles. The molecule has 2 aromatic rings. The summed E-state index contributed by atoms with van der Waals surface area (Å²) < 4.78 is 4.88. The quantitative estimate of drug-likeness (QED) is 0.399. The average molecular weight is 399 g/mol. The van der Waals surface area contributed by atoms with Crippen LogP contribution in [-0.4, -0.2) is 35.9 Å². The van der Waals surface area contributed by atoms with Crippen LogP contribution in [0.5, 0.6) is 0 Å². The van der Waals surface area contributed by atoms with E-state index < -0.39 is 29.1 Å². The molecule has 0 aromatic heterocycles. The van der Waals surface area contributed by atoms with E-state index in [1.54, 1.807) is 24.3 Å². The predicted octanol–water partition coefficient (Wildman–Crippen LogP) is 2.78. The second kappa shape index (κ2) is 9.98. The molecule has 2 N–H and O–H groups in total. The summed E-state index contributed by atoms with van der Waals surface area (Å²) in [5.41, 5.74) is -0.129. The molecule has 0 aliphatic rings. The minimum absolute atomic E-state index is 0.251. The van der Waals surface area contributed by atoms with Gasteiger partial charge in [-0.3, -0.25) is 19.7 Å². The Labute approximate surface area is 167 Å². The van der Waals surface area contributed by atoms with Gasteiger partial charge in [-0.1, -0.05) is 38.1 Å². The molecule has 2 amide bonds. The molecule has 0 fully saturated rings. The van der Waals surface area contributed by atoms with Crippen molar-refractivity contribution in [2.24, 2.45) is 5.92 Å². The van der Waals surface area contributed by atoms with Crippen LogP contribution < -0.4 is 10.6 Å². The Bertz CT molecular complexity index is 926. The minimum atomic E-state index is -0.990. The van der Waals surface area contributed by atoms with Crippen molar-refractivity contribution in [1.82, 2.24) is 5.32 Å². The molecule has 0 saturated carbocycles. The number of nitro groups is 1. The molecule has 0 atom stereocenters. The van der Waals surface area contributed by atoms with Crippen molar-refractivity contribution >= 4 is 29.2 Å². The number of nitrogens with one attached hydrogen (secondary N) is 2. The van der Waals surface area contributed by atoms with E-state index in [0.29, 0.717) is 6.54 Å². The number of para-hydroxylation sites is 2. The van der Waals surface area contributed by atoms with Crippen molar-refractivity contribution in [1.29, 1.82) is 0 Å². The van der Waals surface area contributed by atoms with Crippen LogP contribution in [0, 0.1) is 16.0 Å². The fourth-order valence-corrected chi connectivity index (χ4v) is 2.38. The van der Waals surface area contributed by atoms with Crippen LogP contribution in [0.4, 0.5) is 11.4 Å². The standard InChI is InChI=1S/C20H21N3O6/c1-13(2)11-21-19(25)14-7-3-5-9-16(14)22-18(24)12-29-20(26)15-8-4-6-10-17(15)23(27)28/h3-10,13H,11-12H2,1-2H3,(H,21,25)(H,22,24). The summed E-state index contributed by atoms with van der Waals surface area (Å²) in [5, 5.41) is 16.3. The lowest BCUT2D eigenvalue weighted by Gasteiger charge is -2.12. The number of esters is 1. The van der Waals surface area contributed by atoms with Gasteiger partial charge >= 0.3 is 5.97 Å². The van der Waals surface area contributed by atoms with Crippen molar-refractivity contribution < 1.29 is 24.0 Å². The fourth-order valence-electron chi connectivity index (χ4n) is 2.38. The van der Waals surface area contributed by atoms with Crippen LogP contribution in [0.15, 0.2) is 48.5 Å². The summed E-state index contributed by atoms with van der Waals surface area (Å²) in [6.45, 7) is 3.74. The highest BCUT2D eigenvalue weighted by Gasteiger charge is 2.21. The number of rotatable bonds is 8. The molecular weight excluding hydrogens is 378 g/mol. The van der Waals surface area contributed by atoms with Crippen LogP contribution in [0.1, 0.15) is 34.6 Å². The highest BCUT2D eigenvalue weighted by atomic mass is 16.6. The van der Waals surface area contributed by atoms with E-state index in [0.717, 1.165) is 0 Å². The molecule has 0 saturated heterocycles. The summed E-state index contributed by atoms with van der Waals surface area (Å²) in [5.74, 6) is -1.75. The Morgan fingerprint density at radius 1 is 1.03 bits per heavy atom. The number of nitro benzene ring substituents is 1. The van der Waals surface area contributed by atoms with Gasteiger partial charge in [-0.2, -0.15) is 0 Å². The first-order valence-electron chi connectivity index (χ1n) is 8.87. The first kappa shape index (κ1) is 21.5. The number of benzene rings is 2. The molecule has 0 spiro atoms.